The van der Waals surface area contributed by atoms with Gasteiger partial charge in [-0.1, -0.05) is 0 Å². The van der Waals surface area contributed by atoms with Crippen molar-refractivity contribution in [2.75, 3.05) is 26.0 Å². The Balaban J connectivity index is 2.07. The zero-order valence-corrected chi connectivity index (χ0v) is 10.7. The Bertz CT molecular complexity index is 562. The van der Waals surface area contributed by atoms with Crippen LogP contribution in [0.15, 0.2) is 12.4 Å². The smallest absolute Gasteiger partial charge is 0.254 e. The Morgan fingerprint density at radius 3 is 3.00 bits per heavy atom. The molecule has 0 radical (unpaired) electrons. The van der Waals surface area contributed by atoms with E-state index in [2.05, 4.69) is 20.4 Å². The number of anilines is 1. The highest BCUT2D eigenvalue weighted by Gasteiger charge is 2.07. The first-order valence-electron chi connectivity index (χ1n) is 5.69. The lowest BCUT2D eigenvalue weighted by molar-refractivity contribution is -0.128. The third-order valence-corrected chi connectivity index (χ3v) is 2.52. The van der Waals surface area contributed by atoms with Crippen molar-refractivity contribution in [3.63, 3.8) is 0 Å². The number of nitrogens with zero attached hydrogens (tertiary/aromatic N) is 5. The zero-order valence-electron chi connectivity index (χ0n) is 10.7. The summed E-state index contributed by atoms with van der Waals surface area (Å²) in [6.07, 6.45) is 1.89. The van der Waals surface area contributed by atoms with Gasteiger partial charge in [0.1, 0.15) is 12.1 Å². The zero-order chi connectivity index (χ0) is 13.1. The van der Waals surface area contributed by atoms with Crippen molar-refractivity contribution < 1.29 is 4.79 Å². The van der Waals surface area contributed by atoms with Crippen molar-refractivity contribution in [2.45, 2.75) is 13.3 Å². The minimum Gasteiger partial charge on any atom is -0.369 e. The van der Waals surface area contributed by atoms with E-state index >= 15 is 0 Å². The van der Waals surface area contributed by atoms with Gasteiger partial charge in [0.25, 0.3) is 5.78 Å². The average molecular weight is 248 g/mol. The molecular weight excluding hydrogens is 232 g/mol. The van der Waals surface area contributed by atoms with E-state index in [-0.39, 0.29) is 5.91 Å². The first-order valence-corrected chi connectivity index (χ1v) is 5.69. The van der Waals surface area contributed by atoms with Gasteiger partial charge in [-0.15, -0.1) is 0 Å². The quantitative estimate of drug-likeness (QED) is 0.843. The molecule has 0 saturated heterocycles. The lowest BCUT2D eigenvalue weighted by Crippen LogP contribution is -2.24. The van der Waals surface area contributed by atoms with E-state index in [0.717, 1.165) is 11.5 Å². The summed E-state index contributed by atoms with van der Waals surface area (Å²) in [5.74, 6) is 1.43. The predicted octanol–water partition coefficient (Wildman–Crippen LogP) is 0.323. The number of fused-ring (bicyclic) bond motifs is 1. The lowest BCUT2D eigenvalue weighted by atomic mass is 10.3. The lowest BCUT2D eigenvalue weighted by Gasteiger charge is -2.11. The maximum atomic E-state index is 11.5. The maximum Gasteiger partial charge on any atom is 0.254 e. The molecule has 0 saturated carbocycles. The third-order valence-electron chi connectivity index (χ3n) is 2.52. The molecular formula is C11H16N6O. The molecule has 18 heavy (non-hydrogen) atoms. The van der Waals surface area contributed by atoms with E-state index in [1.807, 2.05) is 13.0 Å². The largest absolute Gasteiger partial charge is 0.369 e. The van der Waals surface area contributed by atoms with Gasteiger partial charge >= 0.3 is 0 Å². The summed E-state index contributed by atoms with van der Waals surface area (Å²) >= 11 is 0. The Labute approximate surface area is 105 Å². The van der Waals surface area contributed by atoms with Crippen molar-refractivity contribution in [3.8, 4) is 0 Å². The van der Waals surface area contributed by atoms with Gasteiger partial charge in [0.15, 0.2) is 0 Å². The van der Waals surface area contributed by atoms with Crippen LogP contribution in [0, 0.1) is 6.92 Å². The van der Waals surface area contributed by atoms with Crippen LogP contribution >= 0.6 is 0 Å². The fraction of sp³-hybridized carbons (Fsp3) is 0.455. The number of aryl methyl sites for hydroxylation is 1. The molecule has 2 aromatic rings. The number of aromatic nitrogens is 4. The van der Waals surface area contributed by atoms with Crippen molar-refractivity contribution >= 4 is 17.5 Å². The third kappa shape index (κ3) is 2.55. The summed E-state index contributed by atoms with van der Waals surface area (Å²) in [4.78, 5) is 21.3. The molecule has 1 amide bonds. The fourth-order valence-electron chi connectivity index (χ4n) is 1.58. The number of carbonyl (C=O) groups excluding carboxylic acids is 1. The van der Waals surface area contributed by atoms with Gasteiger partial charge in [0.05, 0.1) is 0 Å². The minimum atomic E-state index is 0.0862. The number of rotatable bonds is 4. The Morgan fingerprint density at radius 2 is 2.28 bits per heavy atom. The summed E-state index contributed by atoms with van der Waals surface area (Å²) in [7, 11) is 3.49. The summed E-state index contributed by atoms with van der Waals surface area (Å²) in [5, 5.41) is 7.25. The molecule has 0 aliphatic heterocycles. The summed E-state index contributed by atoms with van der Waals surface area (Å²) in [5.41, 5.74) is 0.858. The molecule has 2 aromatic heterocycles. The molecule has 0 spiro atoms. The summed E-state index contributed by atoms with van der Waals surface area (Å²) in [6.45, 7) is 2.44. The van der Waals surface area contributed by atoms with Crippen molar-refractivity contribution in [1.29, 1.82) is 0 Å². The Morgan fingerprint density at radius 1 is 1.50 bits per heavy atom. The second-order valence-corrected chi connectivity index (χ2v) is 4.22. The van der Waals surface area contributed by atoms with Gasteiger partial charge in [-0.2, -0.15) is 14.6 Å². The molecule has 7 heteroatoms. The fourth-order valence-corrected chi connectivity index (χ4v) is 1.58. The highest BCUT2D eigenvalue weighted by atomic mass is 16.2. The van der Waals surface area contributed by atoms with Crippen molar-refractivity contribution in [3.05, 3.63) is 18.1 Å². The van der Waals surface area contributed by atoms with E-state index in [0.29, 0.717) is 18.7 Å². The molecule has 0 aliphatic carbocycles. The summed E-state index contributed by atoms with van der Waals surface area (Å²) < 4.78 is 1.62. The van der Waals surface area contributed by atoms with Gasteiger partial charge < -0.3 is 10.2 Å². The van der Waals surface area contributed by atoms with Crippen LogP contribution in [0.25, 0.3) is 5.78 Å². The van der Waals surface area contributed by atoms with Gasteiger partial charge in [0, 0.05) is 38.8 Å². The second-order valence-electron chi connectivity index (χ2n) is 4.22. The highest BCUT2D eigenvalue weighted by Crippen LogP contribution is 2.09. The van der Waals surface area contributed by atoms with Gasteiger partial charge in [-0.3, -0.25) is 4.79 Å². The molecule has 7 nitrogen and oxygen atoms in total. The SMILES string of the molecule is Cc1cc(NCCC(=O)N(C)C)n2ncnc2n1. The van der Waals surface area contributed by atoms with E-state index in [1.54, 1.807) is 23.5 Å². The molecule has 0 aromatic carbocycles. The number of hydrogen-bond acceptors (Lipinski definition) is 5. The molecule has 0 unspecified atom stereocenters. The van der Waals surface area contributed by atoms with Crippen LogP contribution in [0.4, 0.5) is 5.82 Å². The standard InChI is InChI=1S/C11H16N6O/c1-8-6-9(12-5-4-10(18)16(2)3)17-11(15-8)13-7-14-17/h6-7,12H,4-5H2,1-3H3. The molecule has 2 heterocycles. The van der Waals surface area contributed by atoms with Gasteiger partial charge in [-0.05, 0) is 6.92 Å². The number of nitrogens with one attached hydrogen (secondary N) is 1. The van der Waals surface area contributed by atoms with E-state index in [1.165, 1.54) is 6.33 Å². The van der Waals surface area contributed by atoms with Crippen molar-refractivity contribution in [2.24, 2.45) is 0 Å². The number of amides is 1. The number of hydrogen-bond donors (Lipinski definition) is 1. The van der Waals surface area contributed by atoms with Crippen molar-refractivity contribution in [1.82, 2.24) is 24.5 Å². The Hall–Kier alpha value is -2.18. The monoisotopic (exact) mass is 248 g/mol. The normalized spacial score (nSPS) is 10.6. The first-order chi connectivity index (χ1) is 8.58. The highest BCUT2D eigenvalue weighted by molar-refractivity contribution is 5.76. The first kappa shape index (κ1) is 12.3. The molecule has 1 N–H and O–H groups in total. The van der Waals surface area contributed by atoms with Crippen LogP contribution in [0.5, 0.6) is 0 Å². The van der Waals surface area contributed by atoms with E-state index < -0.39 is 0 Å². The second kappa shape index (κ2) is 4.99. The molecule has 0 aliphatic rings. The van der Waals surface area contributed by atoms with Crippen LogP contribution in [0.2, 0.25) is 0 Å². The minimum absolute atomic E-state index is 0.0862. The average Bonchev–Trinajstić information content (AvgIpc) is 2.76. The van der Waals surface area contributed by atoms with Gasteiger partial charge in [-0.25, -0.2) is 4.98 Å². The summed E-state index contributed by atoms with van der Waals surface area (Å²) in [6, 6.07) is 1.88. The van der Waals surface area contributed by atoms with E-state index in [4.69, 9.17) is 0 Å². The molecule has 2 rings (SSSR count). The van der Waals surface area contributed by atoms with Crippen LogP contribution in [0.3, 0.4) is 0 Å². The van der Waals surface area contributed by atoms with Crippen LogP contribution in [0.1, 0.15) is 12.1 Å². The van der Waals surface area contributed by atoms with Crippen LogP contribution in [-0.2, 0) is 4.79 Å². The Kier molecular flexibility index (Phi) is 3.40. The van der Waals surface area contributed by atoms with E-state index in [9.17, 15) is 4.79 Å². The topological polar surface area (TPSA) is 75.4 Å². The predicted molar refractivity (Wildman–Crippen MR) is 67.3 cm³/mol. The molecule has 0 atom stereocenters. The number of carbonyl (C=O) groups is 1. The van der Waals surface area contributed by atoms with Gasteiger partial charge in [0.2, 0.25) is 5.91 Å². The van der Waals surface area contributed by atoms with Crippen LogP contribution in [-0.4, -0.2) is 51.0 Å². The molecule has 96 valence electrons. The molecule has 0 bridgehead atoms. The van der Waals surface area contributed by atoms with Crippen LogP contribution < -0.4 is 5.32 Å². The molecule has 0 fully saturated rings. The maximum absolute atomic E-state index is 11.5.